The lowest BCUT2D eigenvalue weighted by molar-refractivity contribution is -0.141. The number of amides is 3. The van der Waals surface area contributed by atoms with Crippen LogP contribution in [0.25, 0.3) is 5.69 Å². The number of anilines is 1. The van der Waals surface area contributed by atoms with Crippen molar-refractivity contribution in [2.24, 2.45) is 17.4 Å². The van der Waals surface area contributed by atoms with E-state index >= 15 is 0 Å². The predicted molar refractivity (Wildman–Crippen MR) is 160 cm³/mol. The van der Waals surface area contributed by atoms with Crippen molar-refractivity contribution < 1.29 is 14.7 Å². The van der Waals surface area contributed by atoms with E-state index in [4.69, 9.17) is 11.5 Å². The number of carbonyl (C=O) groups excluding carboxylic acids is 2. The smallest absolute Gasteiger partial charge is 0.354 e. The summed E-state index contributed by atoms with van der Waals surface area (Å²) in [7, 11) is 0. The first kappa shape index (κ1) is 32.5. The van der Waals surface area contributed by atoms with Gasteiger partial charge in [0.2, 0.25) is 5.91 Å². The van der Waals surface area contributed by atoms with E-state index in [9.17, 15) is 19.5 Å². The number of aliphatic hydroxyl groups excluding tert-OH is 1. The third-order valence-electron chi connectivity index (χ3n) is 8.03. The minimum absolute atomic E-state index is 0. The number of benzene rings is 1. The highest BCUT2D eigenvalue weighted by atomic mass is 35.5. The molecule has 3 atom stereocenters. The zero-order chi connectivity index (χ0) is 29.0. The fourth-order valence-corrected chi connectivity index (χ4v) is 5.35. The number of rotatable bonds is 7. The van der Waals surface area contributed by atoms with Crippen molar-refractivity contribution in [2.45, 2.75) is 57.8 Å². The van der Waals surface area contributed by atoms with Crippen molar-refractivity contribution in [1.29, 1.82) is 0 Å². The van der Waals surface area contributed by atoms with Crippen LogP contribution in [-0.4, -0.2) is 98.2 Å². The summed E-state index contributed by atoms with van der Waals surface area (Å²) >= 11 is 0. The molecule has 2 aliphatic heterocycles. The van der Waals surface area contributed by atoms with Gasteiger partial charge in [0.05, 0.1) is 12.3 Å². The van der Waals surface area contributed by atoms with Crippen LogP contribution in [0.2, 0.25) is 0 Å². The van der Waals surface area contributed by atoms with Crippen LogP contribution >= 0.6 is 12.4 Å². The van der Waals surface area contributed by atoms with Gasteiger partial charge in [-0.15, -0.1) is 12.4 Å². The molecule has 2 fully saturated rings. The third-order valence-corrected chi connectivity index (χ3v) is 8.03. The predicted octanol–water partition coefficient (Wildman–Crippen LogP) is 0.988. The summed E-state index contributed by atoms with van der Waals surface area (Å²) in [6.45, 7) is 8.72. The maximum absolute atomic E-state index is 12.8. The highest BCUT2D eigenvalue weighted by Crippen LogP contribution is 2.21. The van der Waals surface area contributed by atoms with Crippen LogP contribution in [0.3, 0.4) is 0 Å². The Balaban J connectivity index is 0.00000462. The molecule has 3 heterocycles. The molecule has 2 aromatic rings. The highest BCUT2D eigenvalue weighted by Gasteiger charge is 2.37. The van der Waals surface area contributed by atoms with Crippen LogP contribution in [0.15, 0.2) is 41.3 Å². The standard InChI is InChI=1S/C28H42N8O4.ClH/c1-19-16-34(14-15-35(19)25(38)28(3,30)18-37)26(39)31-24-10-13-36(27(40)32-24)23-6-4-21(5-7-23)17-33-11-8-22(9-12-33)20(2)29;/h4-7,10,13,19-20,22,37H,8-9,11-12,14-18,29-30H2,1-3H3,(H,31,32,39,40);1H/t19-,20?,28?;/m1./s1. The minimum atomic E-state index is -1.37. The number of carbonyl (C=O) groups is 2. The molecule has 0 saturated carbocycles. The minimum Gasteiger partial charge on any atom is -0.394 e. The molecule has 0 spiro atoms. The Labute approximate surface area is 247 Å². The van der Waals surface area contributed by atoms with E-state index in [-0.39, 0.29) is 55.9 Å². The van der Waals surface area contributed by atoms with E-state index in [1.807, 2.05) is 31.2 Å². The number of hydrogen-bond donors (Lipinski definition) is 4. The monoisotopic (exact) mass is 590 g/mol. The number of aliphatic hydroxyl groups is 1. The Hall–Kier alpha value is -3.03. The molecule has 2 unspecified atom stereocenters. The van der Waals surface area contributed by atoms with Crippen LogP contribution < -0.4 is 22.5 Å². The van der Waals surface area contributed by atoms with Crippen molar-refractivity contribution in [3.63, 3.8) is 0 Å². The Morgan fingerprint density at radius 1 is 1.15 bits per heavy atom. The van der Waals surface area contributed by atoms with Crippen LogP contribution in [0.5, 0.6) is 0 Å². The average Bonchev–Trinajstić information content (AvgIpc) is 2.93. The molecule has 1 aromatic carbocycles. The number of urea groups is 1. The molecule has 1 aromatic heterocycles. The van der Waals surface area contributed by atoms with Gasteiger partial charge in [-0.05, 0) is 76.4 Å². The van der Waals surface area contributed by atoms with Gasteiger partial charge in [0.1, 0.15) is 11.4 Å². The van der Waals surface area contributed by atoms with Crippen LogP contribution in [0, 0.1) is 5.92 Å². The van der Waals surface area contributed by atoms with Crippen LogP contribution in [-0.2, 0) is 11.3 Å². The number of likely N-dealkylation sites (tertiary alicyclic amines) is 1. The van der Waals surface area contributed by atoms with Gasteiger partial charge in [0, 0.05) is 44.5 Å². The normalized spacial score (nSPS) is 20.6. The molecule has 13 heteroatoms. The van der Waals surface area contributed by atoms with Gasteiger partial charge in [-0.1, -0.05) is 12.1 Å². The van der Waals surface area contributed by atoms with Crippen molar-refractivity contribution in [1.82, 2.24) is 24.3 Å². The molecular weight excluding hydrogens is 548 g/mol. The highest BCUT2D eigenvalue weighted by molar-refractivity contribution is 5.89. The van der Waals surface area contributed by atoms with Gasteiger partial charge in [0.15, 0.2) is 0 Å². The number of piperazine rings is 1. The first-order chi connectivity index (χ1) is 19.0. The molecule has 3 amide bonds. The Bertz CT molecular complexity index is 1240. The number of halogens is 1. The number of nitrogens with zero attached hydrogens (tertiary/aromatic N) is 5. The molecule has 6 N–H and O–H groups in total. The largest absolute Gasteiger partial charge is 0.394 e. The number of nitrogens with two attached hydrogens (primary N) is 2. The van der Waals surface area contributed by atoms with Gasteiger partial charge in [0.25, 0.3) is 0 Å². The third kappa shape index (κ3) is 7.83. The lowest BCUT2D eigenvalue weighted by Crippen LogP contribution is -2.63. The molecule has 0 aliphatic carbocycles. The van der Waals surface area contributed by atoms with E-state index in [0.29, 0.717) is 11.6 Å². The Morgan fingerprint density at radius 2 is 1.80 bits per heavy atom. The molecule has 2 aliphatic rings. The second-order valence-corrected chi connectivity index (χ2v) is 11.4. The Morgan fingerprint density at radius 3 is 2.37 bits per heavy atom. The van der Waals surface area contributed by atoms with E-state index in [0.717, 1.165) is 32.5 Å². The molecule has 226 valence electrons. The maximum Gasteiger partial charge on any atom is 0.354 e. The second-order valence-electron chi connectivity index (χ2n) is 11.4. The van der Waals surface area contributed by atoms with E-state index in [1.165, 1.54) is 17.1 Å². The summed E-state index contributed by atoms with van der Waals surface area (Å²) in [6, 6.07) is 8.98. The van der Waals surface area contributed by atoms with Gasteiger partial charge >= 0.3 is 11.7 Å². The average molecular weight is 591 g/mol. The van der Waals surface area contributed by atoms with Crippen molar-refractivity contribution in [3.05, 3.63) is 52.6 Å². The van der Waals surface area contributed by atoms with Gasteiger partial charge in [-0.3, -0.25) is 19.6 Å². The molecule has 41 heavy (non-hydrogen) atoms. The second kappa shape index (κ2) is 13.8. The summed E-state index contributed by atoms with van der Waals surface area (Å²) in [6.07, 6.45) is 3.83. The number of nitrogens with one attached hydrogen (secondary N) is 1. The quantitative estimate of drug-likeness (QED) is 0.371. The summed E-state index contributed by atoms with van der Waals surface area (Å²) in [5, 5.41) is 12.1. The zero-order valence-corrected chi connectivity index (χ0v) is 24.8. The van der Waals surface area contributed by atoms with Gasteiger partial charge in [-0.2, -0.15) is 4.98 Å². The SMILES string of the molecule is CC(N)C1CCN(Cc2ccc(-n3ccc(NC(=O)N4CCN(C(=O)C(C)(N)CO)[C@H](C)C4)nc3=O)cc2)CC1.Cl. The fraction of sp³-hybridized carbons (Fsp3) is 0.571. The van der Waals surface area contributed by atoms with Crippen molar-refractivity contribution >= 4 is 30.2 Å². The summed E-state index contributed by atoms with van der Waals surface area (Å²) in [4.78, 5) is 47.9. The fourth-order valence-electron chi connectivity index (χ4n) is 5.35. The van der Waals surface area contributed by atoms with Gasteiger partial charge < -0.3 is 26.4 Å². The van der Waals surface area contributed by atoms with Crippen molar-refractivity contribution in [2.75, 3.05) is 44.6 Å². The van der Waals surface area contributed by atoms with Crippen LogP contribution in [0.4, 0.5) is 10.6 Å². The summed E-state index contributed by atoms with van der Waals surface area (Å²) in [5.41, 5.74) is 12.0. The number of piperidine rings is 1. The topological polar surface area (TPSA) is 163 Å². The number of aromatic nitrogens is 2. The lowest BCUT2D eigenvalue weighted by atomic mass is 9.91. The van der Waals surface area contributed by atoms with Gasteiger partial charge in [-0.25, -0.2) is 9.59 Å². The first-order valence-corrected chi connectivity index (χ1v) is 13.9. The van der Waals surface area contributed by atoms with Crippen molar-refractivity contribution in [3.8, 4) is 5.69 Å². The zero-order valence-electron chi connectivity index (χ0n) is 24.0. The summed E-state index contributed by atoms with van der Waals surface area (Å²) < 4.78 is 1.44. The van der Waals surface area contributed by atoms with Crippen LogP contribution in [0.1, 0.15) is 39.2 Å². The molecule has 2 saturated heterocycles. The molecule has 4 rings (SSSR count). The summed E-state index contributed by atoms with van der Waals surface area (Å²) in [5.74, 6) is 0.387. The molecular formula is C28H43ClN8O4. The molecule has 0 radical (unpaired) electrons. The maximum atomic E-state index is 12.8. The number of hydrogen-bond acceptors (Lipinski definition) is 8. The Kier molecular flexibility index (Phi) is 10.9. The lowest BCUT2D eigenvalue weighted by Gasteiger charge is -2.42. The van der Waals surface area contributed by atoms with E-state index in [2.05, 4.69) is 22.1 Å². The van der Waals surface area contributed by atoms with E-state index < -0.39 is 23.9 Å². The molecule has 12 nitrogen and oxygen atoms in total. The first-order valence-electron chi connectivity index (χ1n) is 13.9. The van der Waals surface area contributed by atoms with E-state index in [1.54, 1.807) is 22.1 Å². The molecule has 0 bridgehead atoms.